The smallest absolute Gasteiger partial charge is 0.224 e. The van der Waals surface area contributed by atoms with Gasteiger partial charge in [0.15, 0.2) is 5.78 Å². The van der Waals surface area contributed by atoms with Crippen LogP contribution in [-0.4, -0.2) is 25.9 Å². The SMILES string of the molecule is COc1ccc(OC)c(C(=O)CCC(=O)Nc2ccc(C)c(Cl)c2)c1. The summed E-state index contributed by atoms with van der Waals surface area (Å²) in [5.74, 6) is 0.572. The summed E-state index contributed by atoms with van der Waals surface area (Å²) < 4.78 is 10.3. The maximum absolute atomic E-state index is 12.4. The Labute approximate surface area is 151 Å². The zero-order chi connectivity index (χ0) is 18.4. The first-order valence-electron chi connectivity index (χ1n) is 7.76. The summed E-state index contributed by atoms with van der Waals surface area (Å²) in [4.78, 5) is 24.5. The molecule has 0 aliphatic carbocycles. The monoisotopic (exact) mass is 361 g/mol. The van der Waals surface area contributed by atoms with Gasteiger partial charge >= 0.3 is 0 Å². The van der Waals surface area contributed by atoms with Crippen molar-refractivity contribution in [2.75, 3.05) is 19.5 Å². The molecule has 25 heavy (non-hydrogen) atoms. The van der Waals surface area contributed by atoms with Gasteiger partial charge in [0, 0.05) is 23.6 Å². The minimum absolute atomic E-state index is 0.0602. The normalized spacial score (nSPS) is 10.2. The van der Waals surface area contributed by atoms with Crippen LogP contribution < -0.4 is 14.8 Å². The molecule has 0 spiro atoms. The second-order valence-electron chi connectivity index (χ2n) is 5.50. The lowest BCUT2D eigenvalue weighted by molar-refractivity contribution is -0.116. The predicted octanol–water partition coefficient (Wildman–Crippen LogP) is 4.27. The first kappa shape index (κ1) is 18.8. The molecule has 2 aromatic rings. The van der Waals surface area contributed by atoms with Crippen molar-refractivity contribution in [2.45, 2.75) is 19.8 Å². The molecule has 0 atom stereocenters. The number of carbonyl (C=O) groups is 2. The number of amides is 1. The lowest BCUT2D eigenvalue weighted by Gasteiger charge is -2.10. The van der Waals surface area contributed by atoms with Crippen molar-refractivity contribution < 1.29 is 19.1 Å². The van der Waals surface area contributed by atoms with E-state index in [2.05, 4.69) is 5.32 Å². The van der Waals surface area contributed by atoms with Crippen molar-refractivity contribution in [3.8, 4) is 11.5 Å². The lowest BCUT2D eigenvalue weighted by atomic mass is 10.0. The molecule has 6 heteroatoms. The molecule has 0 unspecified atom stereocenters. The fourth-order valence-corrected chi connectivity index (χ4v) is 2.47. The van der Waals surface area contributed by atoms with Gasteiger partial charge in [0.2, 0.25) is 5.91 Å². The van der Waals surface area contributed by atoms with Crippen molar-refractivity contribution in [1.82, 2.24) is 0 Å². The van der Waals surface area contributed by atoms with E-state index in [1.807, 2.05) is 13.0 Å². The van der Waals surface area contributed by atoms with Crippen molar-refractivity contribution in [2.24, 2.45) is 0 Å². The molecule has 5 nitrogen and oxygen atoms in total. The van der Waals surface area contributed by atoms with Gasteiger partial charge in [0.25, 0.3) is 0 Å². The second-order valence-corrected chi connectivity index (χ2v) is 5.91. The highest BCUT2D eigenvalue weighted by Crippen LogP contribution is 2.26. The molecule has 0 bridgehead atoms. The number of aryl methyl sites for hydroxylation is 1. The van der Waals surface area contributed by atoms with Crippen LogP contribution in [0.25, 0.3) is 0 Å². The zero-order valence-electron chi connectivity index (χ0n) is 14.4. The third-order valence-electron chi connectivity index (χ3n) is 3.74. The summed E-state index contributed by atoms with van der Waals surface area (Å²) in [6.07, 6.45) is 0.125. The Kier molecular flexibility index (Phi) is 6.42. The molecule has 1 amide bonds. The molecule has 0 aliphatic rings. The average molecular weight is 362 g/mol. The molecule has 132 valence electrons. The van der Waals surface area contributed by atoms with Gasteiger partial charge < -0.3 is 14.8 Å². The standard InChI is InChI=1S/C19H20ClNO4/c1-12-4-5-13(10-16(12)20)21-19(23)9-7-17(22)15-11-14(24-2)6-8-18(15)25-3/h4-6,8,10-11H,7,9H2,1-3H3,(H,21,23). The van der Waals surface area contributed by atoms with Crippen LogP contribution in [0.3, 0.4) is 0 Å². The summed E-state index contributed by atoms with van der Waals surface area (Å²) in [6.45, 7) is 1.88. The van der Waals surface area contributed by atoms with Gasteiger partial charge in [-0.05, 0) is 42.8 Å². The molecule has 0 aromatic heterocycles. The summed E-state index contributed by atoms with van der Waals surface area (Å²) in [5.41, 5.74) is 1.93. The third-order valence-corrected chi connectivity index (χ3v) is 4.15. The van der Waals surface area contributed by atoms with E-state index in [9.17, 15) is 9.59 Å². The van der Waals surface area contributed by atoms with E-state index < -0.39 is 0 Å². The molecular weight excluding hydrogens is 342 g/mol. The fourth-order valence-electron chi connectivity index (χ4n) is 2.29. The Morgan fingerprint density at radius 2 is 1.80 bits per heavy atom. The minimum atomic E-state index is -0.255. The molecule has 0 fully saturated rings. The molecule has 0 saturated carbocycles. The number of Topliss-reactive ketones (excluding diaryl/α,β-unsaturated/α-hetero) is 1. The van der Waals surface area contributed by atoms with Gasteiger partial charge in [-0.25, -0.2) is 0 Å². The highest BCUT2D eigenvalue weighted by molar-refractivity contribution is 6.31. The highest BCUT2D eigenvalue weighted by Gasteiger charge is 2.15. The quantitative estimate of drug-likeness (QED) is 0.748. The molecule has 0 aliphatic heterocycles. The first-order valence-corrected chi connectivity index (χ1v) is 8.13. The van der Waals surface area contributed by atoms with E-state index >= 15 is 0 Å². The number of carbonyl (C=O) groups excluding carboxylic acids is 2. The topological polar surface area (TPSA) is 64.6 Å². The maximum Gasteiger partial charge on any atom is 0.224 e. The minimum Gasteiger partial charge on any atom is -0.497 e. The molecule has 2 rings (SSSR count). The summed E-state index contributed by atoms with van der Waals surface area (Å²) in [7, 11) is 3.02. The molecule has 0 radical (unpaired) electrons. The number of nitrogens with one attached hydrogen (secondary N) is 1. The number of anilines is 1. The number of methoxy groups -OCH3 is 2. The van der Waals surface area contributed by atoms with Crippen LogP contribution in [0, 0.1) is 6.92 Å². The van der Waals surface area contributed by atoms with Gasteiger partial charge in [-0.2, -0.15) is 0 Å². The molecule has 1 N–H and O–H groups in total. The van der Waals surface area contributed by atoms with Crippen molar-refractivity contribution in [3.05, 3.63) is 52.5 Å². The van der Waals surface area contributed by atoms with Crippen molar-refractivity contribution in [3.63, 3.8) is 0 Å². The summed E-state index contributed by atoms with van der Waals surface area (Å²) >= 11 is 6.04. The van der Waals surface area contributed by atoms with Crippen LogP contribution in [0.15, 0.2) is 36.4 Å². The van der Waals surface area contributed by atoms with Crippen LogP contribution in [0.5, 0.6) is 11.5 Å². The Balaban J connectivity index is 1.99. The van der Waals surface area contributed by atoms with E-state index in [4.69, 9.17) is 21.1 Å². The van der Waals surface area contributed by atoms with Crippen molar-refractivity contribution >= 4 is 29.0 Å². The number of hydrogen-bond donors (Lipinski definition) is 1. The van der Waals surface area contributed by atoms with Gasteiger partial charge in [0.05, 0.1) is 19.8 Å². The van der Waals surface area contributed by atoms with Crippen LogP contribution in [0.2, 0.25) is 5.02 Å². The van der Waals surface area contributed by atoms with E-state index in [1.165, 1.54) is 14.2 Å². The predicted molar refractivity (Wildman–Crippen MR) is 97.9 cm³/mol. The number of rotatable bonds is 7. The van der Waals surface area contributed by atoms with Crippen molar-refractivity contribution in [1.29, 1.82) is 0 Å². The Morgan fingerprint density at radius 1 is 1.04 bits per heavy atom. The van der Waals surface area contributed by atoms with Gasteiger partial charge in [0.1, 0.15) is 11.5 Å². The molecule has 0 heterocycles. The van der Waals surface area contributed by atoms with E-state index in [-0.39, 0.29) is 24.5 Å². The van der Waals surface area contributed by atoms with Gasteiger partial charge in [-0.1, -0.05) is 17.7 Å². The number of ketones is 1. The number of halogens is 1. The zero-order valence-corrected chi connectivity index (χ0v) is 15.1. The average Bonchev–Trinajstić information content (AvgIpc) is 2.62. The highest BCUT2D eigenvalue weighted by atomic mass is 35.5. The molecule has 0 saturated heterocycles. The van der Waals surface area contributed by atoms with Crippen LogP contribution in [-0.2, 0) is 4.79 Å². The van der Waals surface area contributed by atoms with E-state index in [1.54, 1.807) is 30.3 Å². The Morgan fingerprint density at radius 3 is 2.44 bits per heavy atom. The largest absolute Gasteiger partial charge is 0.497 e. The number of hydrogen-bond acceptors (Lipinski definition) is 4. The van der Waals surface area contributed by atoms with Gasteiger partial charge in [-0.15, -0.1) is 0 Å². The second kappa shape index (κ2) is 8.53. The lowest BCUT2D eigenvalue weighted by Crippen LogP contribution is -2.14. The third kappa shape index (κ3) is 4.97. The van der Waals surface area contributed by atoms with E-state index in [0.29, 0.717) is 27.8 Å². The Bertz CT molecular complexity index is 789. The van der Waals surface area contributed by atoms with Crippen LogP contribution in [0.4, 0.5) is 5.69 Å². The maximum atomic E-state index is 12.4. The summed E-state index contributed by atoms with van der Waals surface area (Å²) in [6, 6.07) is 10.3. The first-order chi connectivity index (χ1) is 11.9. The number of ether oxygens (including phenoxy) is 2. The molecular formula is C19H20ClNO4. The van der Waals surface area contributed by atoms with Crippen LogP contribution >= 0.6 is 11.6 Å². The summed E-state index contributed by atoms with van der Waals surface area (Å²) in [5, 5.41) is 3.32. The molecule has 2 aromatic carbocycles. The van der Waals surface area contributed by atoms with E-state index in [0.717, 1.165) is 5.56 Å². The van der Waals surface area contributed by atoms with Gasteiger partial charge in [-0.3, -0.25) is 9.59 Å². The Hall–Kier alpha value is -2.53. The van der Waals surface area contributed by atoms with Crippen LogP contribution in [0.1, 0.15) is 28.8 Å². The fraction of sp³-hybridized carbons (Fsp3) is 0.263. The number of benzene rings is 2.